The number of ether oxygens (including phenoxy) is 3. The van der Waals surface area contributed by atoms with Gasteiger partial charge in [-0.3, -0.25) is 19.7 Å². The fourth-order valence-electron chi connectivity index (χ4n) is 2.54. The summed E-state index contributed by atoms with van der Waals surface area (Å²) in [5.41, 5.74) is 0.0408. The molecular formula is C20H21N3O8. The van der Waals surface area contributed by atoms with Crippen molar-refractivity contribution in [3.8, 4) is 11.5 Å². The van der Waals surface area contributed by atoms with Gasteiger partial charge in [0.05, 0.1) is 24.7 Å². The van der Waals surface area contributed by atoms with Gasteiger partial charge in [-0.15, -0.1) is 0 Å². The number of nitrogens with zero attached hydrogens (tertiary/aromatic N) is 1. The van der Waals surface area contributed by atoms with Crippen LogP contribution in [0.2, 0.25) is 0 Å². The molecule has 0 bridgehead atoms. The minimum Gasteiger partial charge on any atom is -0.493 e. The molecule has 2 rings (SSSR count). The number of hydrogen-bond acceptors (Lipinski definition) is 8. The van der Waals surface area contributed by atoms with E-state index < -0.39 is 29.1 Å². The lowest BCUT2D eigenvalue weighted by Crippen LogP contribution is -2.21. The van der Waals surface area contributed by atoms with E-state index in [9.17, 15) is 24.5 Å². The van der Waals surface area contributed by atoms with E-state index in [1.807, 2.05) is 0 Å². The molecule has 11 heteroatoms. The number of nitro groups is 1. The lowest BCUT2D eigenvalue weighted by atomic mass is 10.1. The smallest absolute Gasteiger partial charge is 0.345 e. The van der Waals surface area contributed by atoms with Crippen LogP contribution < -0.4 is 20.1 Å². The first-order valence-corrected chi connectivity index (χ1v) is 9.09. The van der Waals surface area contributed by atoms with Gasteiger partial charge < -0.3 is 24.8 Å². The van der Waals surface area contributed by atoms with Gasteiger partial charge in [-0.1, -0.05) is 0 Å². The predicted octanol–water partition coefficient (Wildman–Crippen LogP) is 2.76. The number of methoxy groups -OCH3 is 1. The molecule has 0 radical (unpaired) electrons. The van der Waals surface area contributed by atoms with E-state index in [0.717, 1.165) is 12.1 Å². The average Bonchev–Trinajstić information content (AvgIpc) is 2.72. The van der Waals surface area contributed by atoms with Gasteiger partial charge in [-0.2, -0.15) is 0 Å². The molecule has 2 amide bonds. The molecule has 0 saturated heterocycles. The highest BCUT2D eigenvalue weighted by atomic mass is 16.6. The summed E-state index contributed by atoms with van der Waals surface area (Å²) >= 11 is 0. The summed E-state index contributed by atoms with van der Waals surface area (Å²) in [7, 11) is 1.31. The number of esters is 1. The van der Waals surface area contributed by atoms with E-state index in [1.54, 1.807) is 31.2 Å². The van der Waals surface area contributed by atoms with Crippen LogP contribution in [-0.4, -0.2) is 43.0 Å². The molecule has 0 aliphatic carbocycles. The second-order valence-corrected chi connectivity index (χ2v) is 6.09. The van der Waals surface area contributed by atoms with Gasteiger partial charge in [-0.25, -0.2) is 4.79 Å². The Balaban J connectivity index is 2.07. The monoisotopic (exact) mass is 431 g/mol. The van der Waals surface area contributed by atoms with Gasteiger partial charge in [0.1, 0.15) is 5.56 Å². The van der Waals surface area contributed by atoms with Crippen LogP contribution in [0.5, 0.6) is 11.5 Å². The summed E-state index contributed by atoms with van der Waals surface area (Å²) in [6, 6.07) is 8.46. The third kappa shape index (κ3) is 6.42. The molecule has 164 valence electrons. The van der Waals surface area contributed by atoms with E-state index in [0.29, 0.717) is 11.4 Å². The highest BCUT2D eigenvalue weighted by Crippen LogP contribution is 2.35. The van der Waals surface area contributed by atoms with E-state index in [4.69, 9.17) is 14.2 Å². The van der Waals surface area contributed by atoms with Crippen molar-refractivity contribution in [1.82, 2.24) is 0 Å². The molecule has 0 atom stereocenters. The van der Waals surface area contributed by atoms with Gasteiger partial charge >= 0.3 is 5.97 Å². The van der Waals surface area contributed by atoms with Crippen LogP contribution in [-0.2, 0) is 14.3 Å². The van der Waals surface area contributed by atoms with Gasteiger partial charge in [0.15, 0.2) is 18.1 Å². The van der Waals surface area contributed by atoms with Crippen LogP contribution in [0.3, 0.4) is 0 Å². The Kier molecular flexibility index (Phi) is 7.89. The van der Waals surface area contributed by atoms with Crippen molar-refractivity contribution >= 4 is 34.8 Å². The zero-order valence-electron chi connectivity index (χ0n) is 17.1. The van der Waals surface area contributed by atoms with Crippen molar-refractivity contribution in [2.45, 2.75) is 13.8 Å². The number of amides is 2. The summed E-state index contributed by atoms with van der Waals surface area (Å²) in [6.07, 6.45) is 0. The Bertz CT molecular complexity index is 989. The number of carbonyl (C=O) groups is 3. The lowest BCUT2D eigenvalue weighted by Gasteiger charge is -2.12. The normalized spacial score (nSPS) is 10.0. The van der Waals surface area contributed by atoms with Crippen LogP contribution in [0, 0.1) is 10.1 Å². The maximum atomic E-state index is 12.4. The average molecular weight is 431 g/mol. The number of benzene rings is 2. The van der Waals surface area contributed by atoms with Crippen molar-refractivity contribution in [1.29, 1.82) is 0 Å². The number of anilines is 2. The first-order valence-electron chi connectivity index (χ1n) is 9.09. The number of nitro benzene ring substituents is 1. The molecule has 0 unspecified atom stereocenters. The molecule has 0 fully saturated rings. The molecule has 2 aromatic carbocycles. The van der Waals surface area contributed by atoms with Crippen molar-refractivity contribution in [2.75, 3.05) is 31.0 Å². The van der Waals surface area contributed by atoms with Gasteiger partial charge in [0.25, 0.3) is 11.6 Å². The van der Waals surface area contributed by atoms with Crippen LogP contribution >= 0.6 is 0 Å². The molecule has 0 aliphatic heterocycles. The van der Waals surface area contributed by atoms with Crippen LogP contribution in [0.4, 0.5) is 17.1 Å². The molecule has 11 nitrogen and oxygen atoms in total. The number of carbonyl (C=O) groups excluding carboxylic acids is 3. The maximum absolute atomic E-state index is 12.4. The molecule has 2 N–H and O–H groups in total. The fraction of sp³-hybridized carbons (Fsp3) is 0.250. The van der Waals surface area contributed by atoms with E-state index >= 15 is 0 Å². The first-order chi connectivity index (χ1) is 14.7. The SMILES string of the molecule is CCOc1cc(C(=O)OCC(=O)Nc2ccc(NC(C)=O)cc2)c([N+](=O)[O-])cc1OC. The van der Waals surface area contributed by atoms with Crippen LogP contribution in [0.1, 0.15) is 24.2 Å². The topological polar surface area (TPSA) is 146 Å². The molecule has 0 spiro atoms. The second kappa shape index (κ2) is 10.6. The van der Waals surface area contributed by atoms with Gasteiger partial charge in [-0.05, 0) is 31.2 Å². The Morgan fingerprint density at radius 1 is 1.03 bits per heavy atom. The molecular weight excluding hydrogens is 410 g/mol. The summed E-state index contributed by atoms with van der Waals surface area (Å²) < 4.78 is 15.3. The molecule has 2 aromatic rings. The maximum Gasteiger partial charge on any atom is 0.345 e. The van der Waals surface area contributed by atoms with Crippen LogP contribution in [0.15, 0.2) is 36.4 Å². The first kappa shape index (κ1) is 23.1. The standard InChI is InChI=1S/C20H21N3O8/c1-4-30-18-9-15(16(23(27)28)10-17(18)29-3)20(26)31-11-19(25)22-14-7-5-13(6-8-14)21-12(2)24/h5-10H,4,11H2,1-3H3,(H,21,24)(H,22,25). The van der Waals surface area contributed by atoms with E-state index in [2.05, 4.69) is 10.6 Å². The molecule has 0 saturated carbocycles. The number of rotatable bonds is 9. The Morgan fingerprint density at radius 2 is 1.65 bits per heavy atom. The summed E-state index contributed by atoms with van der Waals surface area (Å²) in [5.74, 6) is -1.73. The molecule has 0 aliphatic rings. The zero-order valence-corrected chi connectivity index (χ0v) is 17.1. The number of hydrogen-bond donors (Lipinski definition) is 2. The third-order valence-corrected chi connectivity index (χ3v) is 3.82. The van der Waals surface area contributed by atoms with Gasteiger partial charge in [0, 0.05) is 24.4 Å². The van der Waals surface area contributed by atoms with Crippen LogP contribution in [0.25, 0.3) is 0 Å². The molecule has 0 heterocycles. The van der Waals surface area contributed by atoms with Gasteiger partial charge in [0.2, 0.25) is 5.91 Å². The Morgan fingerprint density at radius 3 is 2.16 bits per heavy atom. The minimum atomic E-state index is -1.06. The number of nitrogens with one attached hydrogen (secondary N) is 2. The Labute approximate surface area is 177 Å². The highest BCUT2D eigenvalue weighted by Gasteiger charge is 2.26. The summed E-state index contributed by atoms with van der Waals surface area (Å²) in [5, 5.41) is 16.4. The lowest BCUT2D eigenvalue weighted by molar-refractivity contribution is -0.385. The Hall–Kier alpha value is -4.15. The van der Waals surface area contributed by atoms with Crippen molar-refractivity contribution in [3.63, 3.8) is 0 Å². The predicted molar refractivity (Wildman–Crippen MR) is 110 cm³/mol. The van der Waals surface area contributed by atoms with E-state index in [-0.39, 0.29) is 29.6 Å². The highest BCUT2D eigenvalue weighted by molar-refractivity contribution is 5.98. The van der Waals surface area contributed by atoms with Crippen molar-refractivity contribution in [2.24, 2.45) is 0 Å². The quantitative estimate of drug-likeness (QED) is 0.350. The second-order valence-electron chi connectivity index (χ2n) is 6.09. The minimum absolute atomic E-state index is 0.0885. The zero-order chi connectivity index (χ0) is 23.0. The third-order valence-electron chi connectivity index (χ3n) is 3.82. The van der Waals surface area contributed by atoms with E-state index in [1.165, 1.54) is 14.0 Å². The summed E-state index contributed by atoms with van der Waals surface area (Å²) in [6.45, 7) is 2.64. The fourth-order valence-corrected chi connectivity index (χ4v) is 2.54. The van der Waals surface area contributed by atoms with Crippen molar-refractivity contribution < 1.29 is 33.5 Å². The molecule has 0 aromatic heterocycles. The summed E-state index contributed by atoms with van der Waals surface area (Å²) in [4.78, 5) is 46.0. The largest absolute Gasteiger partial charge is 0.493 e. The van der Waals surface area contributed by atoms with Crippen molar-refractivity contribution in [3.05, 3.63) is 52.1 Å². The molecule has 31 heavy (non-hydrogen) atoms.